The van der Waals surface area contributed by atoms with Crippen molar-refractivity contribution in [3.8, 4) is 0 Å². The van der Waals surface area contributed by atoms with E-state index in [-0.39, 0.29) is 0 Å². The fourth-order valence-corrected chi connectivity index (χ4v) is 2.62. The minimum absolute atomic E-state index is 0.547. The summed E-state index contributed by atoms with van der Waals surface area (Å²) in [5.41, 5.74) is 3.28. The molecule has 0 spiro atoms. The Bertz CT molecular complexity index is 411. The number of hydrogen-bond donors (Lipinski definition) is 2. The van der Waals surface area contributed by atoms with Crippen LogP contribution in [-0.2, 0) is 12.8 Å². The molecule has 3 rings (SSSR count). The van der Waals surface area contributed by atoms with E-state index in [0.717, 1.165) is 38.5 Å². The zero-order chi connectivity index (χ0) is 13.5. The van der Waals surface area contributed by atoms with E-state index >= 15 is 0 Å². The molecule has 0 fully saturated rings. The Morgan fingerprint density at radius 3 is 1.95 bits per heavy atom. The van der Waals surface area contributed by atoms with Crippen molar-refractivity contribution in [3.05, 3.63) is 35.4 Å². The van der Waals surface area contributed by atoms with Crippen LogP contribution in [0.1, 0.15) is 49.7 Å². The Morgan fingerprint density at radius 2 is 1.37 bits per heavy atom. The van der Waals surface area contributed by atoms with E-state index in [2.05, 4.69) is 29.4 Å². The highest BCUT2D eigenvalue weighted by molar-refractivity contribution is 5.87. The lowest BCUT2D eigenvalue weighted by Gasteiger charge is -2.13. The molecule has 0 saturated carbocycles. The molecule has 1 atom stereocenters. The maximum absolute atomic E-state index is 9.98. The van der Waals surface area contributed by atoms with E-state index in [1.807, 2.05) is 0 Å². The molecule has 2 bridgehead atoms. The van der Waals surface area contributed by atoms with Crippen LogP contribution >= 0.6 is 0 Å². The van der Waals surface area contributed by atoms with Gasteiger partial charge in [0.15, 0.2) is 0 Å². The van der Waals surface area contributed by atoms with Crippen LogP contribution in [0.25, 0.3) is 0 Å². The number of aryl methyl sites for hydroxylation is 2. The van der Waals surface area contributed by atoms with E-state index < -0.39 is 6.10 Å². The van der Waals surface area contributed by atoms with Gasteiger partial charge in [-0.1, -0.05) is 35.8 Å². The standard InChI is InChI=1S/C16H23NO2/c18-16-8-4-2-6-14-11-9-13(10-12-14)5-1-3-7-15(16)17-19/h9-12,16,18-19H,1-8H2/b17-15+/t16-/m1/s1. The number of aliphatic hydroxyl groups is 1. The Hall–Kier alpha value is -1.35. The lowest BCUT2D eigenvalue weighted by atomic mass is 9.97. The van der Waals surface area contributed by atoms with Crippen molar-refractivity contribution in [1.82, 2.24) is 0 Å². The van der Waals surface area contributed by atoms with Gasteiger partial charge in [-0.2, -0.15) is 0 Å². The molecule has 0 heterocycles. The Morgan fingerprint density at radius 1 is 0.842 bits per heavy atom. The number of hydrogen-bond acceptors (Lipinski definition) is 3. The molecule has 3 heteroatoms. The van der Waals surface area contributed by atoms with Crippen LogP contribution in [0.15, 0.2) is 29.4 Å². The third kappa shape index (κ3) is 4.35. The molecule has 0 unspecified atom stereocenters. The van der Waals surface area contributed by atoms with Crippen molar-refractivity contribution in [3.63, 3.8) is 0 Å². The van der Waals surface area contributed by atoms with Gasteiger partial charge in [-0.25, -0.2) is 0 Å². The van der Waals surface area contributed by atoms with Crippen molar-refractivity contribution in [1.29, 1.82) is 0 Å². The van der Waals surface area contributed by atoms with Gasteiger partial charge >= 0.3 is 0 Å². The highest BCUT2D eigenvalue weighted by Gasteiger charge is 2.13. The molecule has 0 amide bonds. The molecule has 0 aromatic heterocycles. The second kappa shape index (κ2) is 7.29. The number of fused-ring (bicyclic) bond motifs is 11. The monoisotopic (exact) mass is 261 g/mol. The molecule has 2 aliphatic rings. The minimum Gasteiger partial charge on any atom is -0.411 e. The first-order valence-electron chi connectivity index (χ1n) is 7.26. The molecule has 0 aliphatic heterocycles. The molecule has 0 radical (unpaired) electrons. The van der Waals surface area contributed by atoms with Gasteiger partial charge in [-0.3, -0.25) is 0 Å². The third-order valence-corrected chi connectivity index (χ3v) is 3.88. The van der Waals surface area contributed by atoms with E-state index in [9.17, 15) is 5.11 Å². The highest BCUT2D eigenvalue weighted by Crippen LogP contribution is 2.15. The van der Waals surface area contributed by atoms with Gasteiger partial charge in [0.05, 0.1) is 11.8 Å². The SMILES string of the molecule is O/N=C1\CCCCc2ccc(cc2)CCCC[C@H]1O. The van der Waals surface area contributed by atoms with Gasteiger partial charge < -0.3 is 10.3 Å². The summed E-state index contributed by atoms with van der Waals surface area (Å²) < 4.78 is 0. The molecule has 19 heavy (non-hydrogen) atoms. The van der Waals surface area contributed by atoms with Gasteiger partial charge in [0.2, 0.25) is 0 Å². The Kier molecular flexibility index (Phi) is 5.40. The van der Waals surface area contributed by atoms with Crippen LogP contribution < -0.4 is 0 Å². The largest absolute Gasteiger partial charge is 0.411 e. The van der Waals surface area contributed by atoms with E-state index in [1.54, 1.807) is 0 Å². The topological polar surface area (TPSA) is 52.8 Å². The molecule has 2 N–H and O–H groups in total. The fraction of sp³-hybridized carbons (Fsp3) is 0.562. The molecule has 104 valence electrons. The van der Waals surface area contributed by atoms with Gasteiger partial charge in [0.1, 0.15) is 0 Å². The van der Waals surface area contributed by atoms with E-state index in [4.69, 9.17) is 5.21 Å². The number of rotatable bonds is 0. The second-order valence-electron chi connectivity index (χ2n) is 5.38. The van der Waals surface area contributed by atoms with Crippen LogP contribution in [0, 0.1) is 0 Å². The summed E-state index contributed by atoms with van der Waals surface area (Å²) in [4.78, 5) is 0. The van der Waals surface area contributed by atoms with Crippen LogP contribution in [0.5, 0.6) is 0 Å². The molecule has 0 saturated heterocycles. The van der Waals surface area contributed by atoms with E-state index in [0.29, 0.717) is 18.6 Å². The van der Waals surface area contributed by atoms with Gasteiger partial charge in [0, 0.05) is 0 Å². The van der Waals surface area contributed by atoms with Crippen molar-refractivity contribution in [2.45, 2.75) is 57.5 Å². The van der Waals surface area contributed by atoms with Crippen LogP contribution in [0.2, 0.25) is 0 Å². The summed E-state index contributed by atoms with van der Waals surface area (Å²) in [6.45, 7) is 0. The normalized spacial score (nSPS) is 24.3. The summed E-state index contributed by atoms with van der Waals surface area (Å²) in [6, 6.07) is 8.88. The summed E-state index contributed by atoms with van der Waals surface area (Å²) in [7, 11) is 0. The summed E-state index contributed by atoms with van der Waals surface area (Å²) in [5, 5.41) is 22.2. The predicted octanol–water partition coefficient (Wildman–Crippen LogP) is 3.32. The lowest BCUT2D eigenvalue weighted by Crippen LogP contribution is -2.20. The first-order chi connectivity index (χ1) is 9.29. The van der Waals surface area contributed by atoms with Crippen LogP contribution in [0.3, 0.4) is 0 Å². The van der Waals surface area contributed by atoms with Crippen molar-refractivity contribution < 1.29 is 10.3 Å². The van der Waals surface area contributed by atoms with Crippen molar-refractivity contribution in [2.75, 3.05) is 0 Å². The van der Waals surface area contributed by atoms with E-state index in [1.165, 1.54) is 11.1 Å². The van der Waals surface area contributed by atoms with Crippen molar-refractivity contribution in [2.24, 2.45) is 5.16 Å². The lowest BCUT2D eigenvalue weighted by molar-refractivity contribution is 0.213. The average Bonchev–Trinajstić information content (AvgIpc) is 2.44. The summed E-state index contributed by atoms with van der Waals surface area (Å²) in [5.74, 6) is 0. The Balaban J connectivity index is 2.02. The molecular weight excluding hydrogens is 238 g/mol. The second-order valence-corrected chi connectivity index (χ2v) is 5.38. The molecule has 1 aromatic rings. The minimum atomic E-state index is -0.575. The average molecular weight is 261 g/mol. The fourth-order valence-electron chi connectivity index (χ4n) is 2.62. The number of nitrogens with zero attached hydrogens (tertiary/aromatic N) is 1. The van der Waals surface area contributed by atoms with Crippen LogP contribution in [-0.4, -0.2) is 22.1 Å². The Labute approximate surface area is 115 Å². The number of aliphatic hydroxyl groups excluding tert-OH is 1. The number of oxime groups is 1. The number of benzene rings is 1. The zero-order valence-corrected chi connectivity index (χ0v) is 11.4. The van der Waals surface area contributed by atoms with Crippen LogP contribution in [0.4, 0.5) is 0 Å². The highest BCUT2D eigenvalue weighted by atomic mass is 16.4. The van der Waals surface area contributed by atoms with Gasteiger partial charge in [-0.05, 0) is 56.1 Å². The molecule has 2 aliphatic carbocycles. The van der Waals surface area contributed by atoms with Gasteiger partial charge in [-0.15, -0.1) is 0 Å². The maximum Gasteiger partial charge on any atom is 0.0954 e. The quantitative estimate of drug-likeness (QED) is 0.556. The smallest absolute Gasteiger partial charge is 0.0954 e. The molecular formula is C16H23NO2. The first-order valence-corrected chi connectivity index (χ1v) is 7.26. The summed E-state index contributed by atoms with van der Waals surface area (Å²) >= 11 is 0. The molecule has 1 aromatic carbocycles. The van der Waals surface area contributed by atoms with Crippen molar-refractivity contribution >= 4 is 5.71 Å². The first kappa shape index (κ1) is 14.1. The maximum atomic E-state index is 9.98. The molecule has 3 nitrogen and oxygen atoms in total. The predicted molar refractivity (Wildman–Crippen MR) is 76.8 cm³/mol. The zero-order valence-electron chi connectivity index (χ0n) is 11.4. The van der Waals surface area contributed by atoms with Gasteiger partial charge in [0.25, 0.3) is 0 Å². The summed E-state index contributed by atoms with van der Waals surface area (Å²) in [6.07, 6.45) is 6.95. The third-order valence-electron chi connectivity index (χ3n) is 3.88.